The van der Waals surface area contributed by atoms with Crippen LogP contribution in [0, 0.1) is 5.92 Å². The maximum atomic E-state index is 12.5. The Kier molecular flexibility index (Phi) is 8.18. The van der Waals surface area contributed by atoms with Gasteiger partial charge in [0.15, 0.2) is 11.5 Å². The molecule has 4 rings (SSSR count). The Labute approximate surface area is 178 Å². The van der Waals surface area contributed by atoms with Gasteiger partial charge in [0.2, 0.25) is 5.91 Å². The first-order valence-electron chi connectivity index (χ1n) is 10.3. The van der Waals surface area contributed by atoms with Gasteiger partial charge >= 0.3 is 0 Å². The molecular weight excluding hydrogens is 396 g/mol. The number of halogens is 1. The smallest absolute Gasteiger partial charge is 0.223 e. The molecule has 7 heteroatoms. The van der Waals surface area contributed by atoms with E-state index >= 15 is 0 Å². The first-order chi connectivity index (χ1) is 13.3. The van der Waals surface area contributed by atoms with Gasteiger partial charge in [0.1, 0.15) is 0 Å². The van der Waals surface area contributed by atoms with Crippen LogP contribution in [0.15, 0.2) is 23.1 Å². The second-order valence-electron chi connectivity index (χ2n) is 7.76. The topological polar surface area (TPSA) is 50.8 Å². The van der Waals surface area contributed by atoms with Gasteiger partial charge in [-0.05, 0) is 56.3 Å². The fraction of sp³-hybridized carbons (Fsp3) is 0.667. The molecule has 2 heterocycles. The molecule has 1 amide bonds. The Morgan fingerprint density at radius 3 is 2.61 bits per heavy atom. The van der Waals surface area contributed by atoms with Crippen LogP contribution >= 0.6 is 24.2 Å². The van der Waals surface area contributed by atoms with Crippen molar-refractivity contribution in [1.29, 1.82) is 0 Å². The van der Waals surface area contributed by atoms with Gasteiger partial charge in [0.25, 0.3) is 0 Å². The molecule has 5 nitrogen and oxygen atoms in total. The summed E-state index contributed by atoms with van der Waals surface area (Å²) >= 11 is 1.72. The van der Waals surface area contributed by atoms with E-state index in [2.05, 4.69) is 11.4 Å². The number of hydrogen-bond donors (Lipinski definition) is 1. The summed E-state index contributed by atoms with van der Waals surface area (Å²) in [6, 6.07) is 6.67. The minimum absolute atomic E-state index is 0. The number of likely N-dealkylation sites (tertiary alicyclic amines) is 1. The standard InChI is InChI=1S/C21H30N2O3S.ClH/c24-21(23-9-6-17(7-10-23)22-15-16-2-3-16)8-13-27-18-4-5-19-20(14-18)26-12-1-11-25-19;/h4-5,14,16-17,22H,1-3,6-13,15H2;1H. The Morgan fingerprint density at radius 1 is 1.11 bits per heavy atom. The largest absolute Gasteiger partial charge is 0.490 e. The van der Waals surface area contributed by atoms with Crippen molar-refractivity contribution in [3.05, 3.63) is 18.2 Å². The number of piperidine rings is 1. The third-order valence-corrected chi connectivity index (χ3v) is 6.54. The Balaban J connectivity index is 0.00000225. The SMILES string of the molecule is Cl.O=C(CCSc1ccc2c(c1)OCCCO2)N1CCC(NCC2CC2)CC1. The molecule has 1 N–H and O–H groups in total. The second-order valence-corrected chi connectivity index (χ2v) is 8.93. The molecule has 1 saturated heterocycles. The lowest BCUT2D eigenvalue weighted by Gasteiger charge is -2.32. The third kappa shape index (κ3) is 6.19. The summed E-state index contributed by atoms with van der Waals surface area (Å²) in [4.78, 5) is 15.7. The van der Waals surface area contributed by atoms with Gasteiger partial charge in [0.05, 0.1) is 13.2 Å². The number of benzene rings is 1. The van der Waals surface area contributed by atoms with Gasteiger partial charge in [-0.1, -0.05) is 0 Å². The van der Waals surface area contributed by atoms with Gasteiger partial charge in [-0.3, -0.25) is 4.79 Å². The molecule has 0 unspecified atom stereocenters. The van der Waals surface area contributed by atoms with E-state index in [1.807, 2.05) is 17.0 Å². The molecule has 2 fully saturated rings. The Morgan fingerprint density at radius 2 is 1.86 bits per heavy atom. The van der Waals surface area contributed by atoms with Crippen molar-refractivity contribution in [2.24, 2.45) is 5.92 Å². The minimum Gasteiger partial charge on any atom is -0.490 e. The summed E-state index contributed by atoms with van der Waals surface area (Å²) in [7, 11) is 0. The van der Waals surface area contributed by atoms with E-state index in [0.717, 1.165) is 60.4 Å². The molecule has 0 bridgehead atoms. The lowest BCUT2D eigenvalue weighted by molar-refractivity contribution is -0.131. The van der Waals surface area contributed by atoms with Crippen LogP contribution in [0.25, 0.3) is 0 Å². The molecule has 1 saturated carbocycles. The van der Waals surface area contributed by atoms with E-state index in [-0.39, 0.29) is 18.3 Å². The minimum atomic E-state index is 0. The molecule has 156 valence electrons. The molecule has 1 aromatic carbocycles. The average molecular weight is 427 g/mol. The van der Waals surface area contributed by atoms with E-state index in [0.29, 0.717) is 25.7 Å². The number of amides is 1. The number of nitrogens with zero attached hydrogens (tertiary/aromatic N) is 1. The number of rotatable bonds is 7. The fourth-order valence-electron chi connectivity index (χ4n) is 3.64. The molecule has 2 aliphatic heterocycles. The molecule has 0 aromatic heterocycles. The first kappa shape index (κ1) is 21.6. The lowest BCUT2D eigenvalue weighted by Crippen LogP contribution is -2.45. The molecule has 0 radical (unpaired) electrons. The molecular formula is C21H31ClN2O3S. The van der Waals surface area contributed by atoms with Gasteiger partial charge in [-0.25, -0.2) is 0 Å². The number of nitrogens with one attached hydrogen (secondary N) is 1. The van der Waals surface area contributed by atoms with Crippen molar-refractivity contribution >= 4 is 30.1 Å². The molecule has 0 atom stereocenters. The van der Waals surface area contributed by atoms with Crippen LogP contribution in [0.1, 0.15) is 38.5 Å². The van der Waals surface area contributed by atoms with Crippen molar-refractivity contribution in [2.75, 3.05) is 38.6 Å². The number of fused-ring (bicyclic) bond motifs is 1. The zero-order valence-electron chi connectivity index (χ0n) is 16.4. The van der Waals surface area contributed by atoms with Crippen molar-refractivity contribution in [2.45, 2.75) is 49.5 Å². The van der Waals surface area contributed by atoms with Crippen LogP contribution < -0.4 is 14.8 Å². The van der Waals surface area contributed by atoms with Crippen molar-refractivity contribution in [3.63, 3.8) is 0 Å². The van der Waals surface area contributed by atoms with Crippen LogP contribution in [0.5, 0.6) is 11.5 Å². The van der Waals surface area contributed by atoms with Gasteiger partial charge in [0, 0.05) is 42.6 Å². The maximum Gasteiger partial charge on any atom is 0.223 e. The molecule has 0 spiro atoms. The van der Waals surface area contributed by atoms with Gasteiger partial charge in [-0.15, -0.1) is 24.2 Å². The molecule has 3 aliphatic rings. The number of hydrogen-bond acceptors (Lipinski definition) is 5. The number of carbonyl (C=O) groups is 1. The first-order valence-corrected chi connectivity index (χ1v) is 11.3. The summed E-state index contributed by atoms with van der Waals surface area (Å²) in [5.41, 5.74) is 0. The monoisotopic (exact) mass is 426 g/mol. The van der Waals surface area contributed by atoms with Crippen LogP contribution in [0.2, 0.25) is 0 Å². The highest BCUT2D eigenvalue weighted by molar-refractivity contribution is 7.99. The van der Waals surface area contributed by atoms with Crippen molar-refractivity contribution in [3.8, 4) is 11.5 Å². The molecule has 1 aliphatic carbocycles. The van der Waals surface area contributed by atoms with E-state index in [1.165, 1.54) is 19.4 Å². The highest BCUT2D eigenvalue weighted by Gasteiger charge is 2.25. The summed E-state index contributed by atoms with van der Waals surface area (Å²) in [5, 5.41) is 3.67. The van der Waals surface area contributed by atoms with Crippen LogP contribution in [0.4, 0.5) is 0 Å². The van der Waals surface area contributed by atoms with E-state index < -0.39 is 0 Å². The van der Waals surface area contributed by atoms with Crippen LogP contribution in [-0.4, -0.2) is 55.4 Å². The van der Waals surface area contributed by atoms with E-state index in [4.69, 9.17) is 9.47 Å². The Hall–Kier alpha value is -1.11. The summed E-state index contributed by atoms with van der Waals surface area (Å²) < 4.78 is 11.4. The normalized spacial score (nSPS) is 19.6. The predicted molar refractivity (Wildman–Crippen MR) is 115 cm³/mol. The lowest BCUT2D eigenvalue weighted by atomic mass is 10.0. The average Bonchev–Trinajstić information content (AvgIpc) is 3.53. The summed E-state index contributed by atoms with van der Waals surface area (Å²) in [6.07, 6.45) is 6.48. The second kappa shape index (κ2) is 10.6. The van der Waals surface area contributed by atoms with Crippen molar-refractivity contribution in [1.82, 2.24) is 10.2 Å². The summed E-state index contributed by atoms with van der Waals surface area (Å²) in [6.45, 7) is 4.38. The number of carbonyl (C=O) groups excluding carboxylic acids is 1. The quantitative estimate of drug-likeness (QED) is 0.673. The van der Waals surface area contributed by atoms with E-state index in [9.17, 15) is 4.79 Å². The van der Waals surface area contributed by atoms with Crippen molar-refractivity contribution < 1.29 is 14.3 Å². The van der Waals surface area contributed by atoms with E-state index in [1.54, 1.807) is 11.8 Å². The highest BCUT2D eigenvalue weighted by Crippen LogP contribution is 2.34. The van der Waals surface area contributed by atoms with Gasteiger partial charge < -0.3 is 19.7 Å². The van der Waals surface area contributed by atoms with Crippen LogP contribution in [-0.2, 0) is 4.79 Å². The zero-order chi connectivity index (χ0) is 18.5. The van der Waals surface area contributed by atoms with Crippen LogP contribution in [0.3, 0.4) is 0 Å². The summed E-state index contributed by atoms with van der Waals surface area (Å²) in [5.74, 6) is 3.66. The van der Waals surface area contributed by atoms with Gasteiger partial charge in [-0.2, -0.15) is 0 Å². The number of ether oxygens (including phenoxy) is 2. The highest BCUT2D eigenvalue weighted by atomic mass is 35.5. The molecule has 1 aromatic rings. The third-order valence-electron chi connectivity index (χ3n) is 5.54. The predicted octanol–water partition coefficient (Wildman–Crippen LogP) is 3.74. The molecule has 28 heavy (non-hydrogen) atoms. The maximum absolute atomic E-state index is 12.5. The Bertz CT molecular complexity index is 649. The fourth-order valence-corrected chi connectivity index (χ4v) is 4.50. The zero-order valence-corrected chi connectivity index (χ0v) is 18.0. The number of thioether (sulfide) groups is 1.